The van der Waals surface area contributed by atoms with Crippen LogP contribution in [0, 0.1) is 0 Å². The van der Waals surface area contributed by atoms with Gasteiger partial charge in [0.1, 0.15) is 11.9 Å². The Balaban J connectivity index is 2.31. The topological polar surface area (TPSA) is 47.9 Å². The standard InChI is InChI=1S/C25H36Cl2O4Si/c1-16(2)19-13-18(9-10-22(19)30-15-29-6)24(28)23-20(26)11-17(12-21(23)27)14-31-32(7,8)25(3,4)5/h9-13,16,24,28H,14-15H2,1-8H3. The average Bonchev–Trinajstić information content (AvgIpc) is 2.69. The highest BCUT2D eigenvalue weighted by Gasteiger charge is 2.37. The highest BCUT2D eigenvalue weighted by Crippen LogP contribution is 2.40. The Morgan fingerprint density at radius 1 is 1.03 bits per heavy atom. The molecule has 2 rings (SSSR count). The van der Waals surface area contributed by atoms with Gasteiger partial charge in [-0.25, -0.2) is 0 Å². The van der Waals surface area contributed by atoms with Gasteiger partial charge < -0.3 is 19.0 Å². The summed E-state index contributed by atoms with van der Waals surface area (Å²) in [6, 6.07) is 9.26. The normalized spacial score (nSPS) is 13.5. The third-order valence-electron chi connectivity index (χ3n) is 6.12. The van der Waals surface area contributed by atoms with Crippen LogP contribution in [0.2, 0.25) is 28.2 Å². The van der Waals surface area contributed by atoms with Crippen molar-refractivity contribution in [2.45, 2.75) is 71.4 Å². The first-order valence-electron chi connectivity index (χ1n) is 10.8. The van der Waals surface area contributed by atoms with Crippen molar-refractivity contribution in [1.29, 1.82) is 0 Å². The molecule has 2 aromatic rings. The molecule has 1 unspecified atom stereocenters. The van der Waals surface area contributed by atoms with Crippen LogP contribution >= 0.6 is 23.2 Å². The highest BCUT2D eigenvalue weighted by molar-refractivity contribution is 6.74. The van der Waals surface area contributed by atoms with Crippen LogP contribution < -0.4 is 4.74 Å². The zero-order valence-corrected chi connectivity index (χ0v) is 22.9. The molecule has 7 heteroatoms. The summed E-state index contributed by atoms with van der Waals surface area (Å²) in [6.45, 7) is 15.8. The van der Waals surface area contributed by atoms with Crippen molar-refractivity contribution in [3.05, 3.63) is 62.6 Å². The monoisotopic (exact) mass is 498 g/mol. The van der Waals surface area contributed by atoms with Crippen LogP contribution in [0.4, 0.5) is 0 Å². The minimum atomic E-state index is -1.90. The van der Waals surface area contributed by atoms with Gasteiger partial charge in [-0.05, 0) is 65.0 Å². The van der Waals surface area contributed by atoms with E-state index >= 15 is 0 Å². The lowest BCUT2D eigenvalue weighted by molar-refractivity contribution is 0.0502. The Bertz CT molecular complexity index is 900. The molecule has 0 spiro atoms. The minimum absolute atomic E-state index is 0.115. The Hall–Kier alpha value is -1.08. The fraction of sp³-hybridized carbons (Fsp3) is 0.520. The molecule has 0 aliphatic carbocycles. The van der Waals surface area contributed by atoms with Gasteiger partial charge in [0, 0.05) is 22.7 Å². The van der Waals surface area contributed by atoms with Crippen molar-refractivity contribution in [2.75, 3.05) is 13.9 Å². The molecule has 4 nitrogen and oxygen atoms in total. The number of ether oxygens (including phenoxy) is 2. The third kappa shape index (κ3) is 6.49. The van der Waals surface area contributed by atoms with E-state index in [2.05, 4.69) is 47.7 Å². The van der Waals surface area contributed by atoms with Crippen LogP contribution in [-0.2, 0) is 15.8 Å². The van der Waals surface area contributed by atoms with E-state index in [0.717, 1.165) is 16.9 Å². The second kappa shape index (κ2) is 10.9. The fourth-order valence-corrected chi connectivity index (χ4v) is 4.77. The van der Waals surface area contributed by atoms with Gasteiger partial charge in [-0.2, -0.15) is 0 Å². The number of halogens is 2. The maximum absolute atomic E-state index is 11.1. The van der Waals surface area contributed by atoms with Gasteiger partial charge in [0.25, 0.3) is 0 Å². The van der Waals surface area contributed by atoms with Crippen LogP contribution in [-0.4, -0.2) is 27.3 Å². The van der Waals surface area contributed by atoms with Gasteiger partial charge >= 0.3 is 0 Å². The second-order valence-corrected chi connectivity index (χ2v) is 15.6. The minimum Gasteiger partial charge on any atom is -0.467 e. The lowest BCUT2D eigenvalue weighted by Crippen LogP contribution is -2.40. The largest absolute Gasteiger partial charge is 0.467 e. The molecular formula is C25H36Cl2O4Si. The smallest absolute Gasteiger partial charge is 0.192 e. The van der Waals surface area contributed by atoms with Gasteiger partial charge in [-0.15, -0.1) is 0 Å². The van der Waals surface area contributed by atoms with E-state index in [1.807, 2.05) is 30.3 Å². The quantitative estimate of drug-likeness (QED) is 0.284. The van der Waals surface area contributed by atoms with Crippen molar-refractivity contribution >= 4 is 31.5 Å². The van der Waals surface area contributed by atoms with E-state index in [1.165, 1.54) is 0 Å². The molecule has 2 aromatic carbocycles. The highest BCUT2D eigenvalue weighted by atomic mass is 35.5. The van der Waals surface area contributed by atoms with Gasteiger partial charge in [0.05, 0.1) is 6.61 Å². The first kappa shape index (κ1) is 27.2. The van der Waals surface area contributed by atoms with Crippen LogP contribution in [0.15, 0.2) is 30.3 Å². The molecule has 0 radical (unpaired) electrons. The summed E-state index contributed by atoms with van der Waals surface area (Å²) in [7, 11) is -0.318. The van der Waals surface area contributed by atoms with Crippen LogP contribution in [0.5, 0.6) is 5.75 Å². The molecule has 0 amide bonds. The first-order valence-corrected chi connectivity index (χ1v) is 14.5. The Morgan fingerprint density at radius 2 is 1.62 bits per heavy atom. The average molecular weight is 500 g/mol. The van der Waals surface area contributed by atoms with E-state index in [-0.39, 0.29) is 17.7 Å². The van der Waals surface area contributed by atoms with Crippen LogP contribution in [0.3, 0.4) is 0 Å². The second-order valence-electron chi connectivity index (χ2n) is 9.93. The van der Waals surface area contributed by atoms with E-state index in [9.17, 15) is 5.11 Å². The summed E-state index contributed by atoms with van der Waals surface area (Å²) in [5, 5.41) is 12.1. The molecule has 0 heterocycles. The SMILES string of the molecule is COCOc1ccc(C(O)c2c(Cl)cc(CO[Si](C)(C)C(C)(C)C)cc2Cl)cc1C(C)C. The summed E-state index contributed by atoms with van der Waals surface area (Å²) >= 11 is 13.2. The Kier molecular flexibility index (Phi) is 9.25. The molecule has 0 saturated heterocycles. The van der Waals surface area contributed by atoms with E-state index < -0.39 is 14.4 Å². The van der Waals surface area contributed by atoms with Crippen molar-refractivity contribution < 1.29 is 19.0 Å². The fourth-order valence-electron chi connectivity index (χ4n) is 3.07. The maximum atomic E-state index is 11.1. The van der Waals surface area contributed by atoms with Crippen molar-refractivity contribution in [2.24, 2.45) is 0 Å². The first-order chi connectivity index (χ1) is 14.8. The van der Waals surface area contributed by atoms with Crippen molar-refractivity contribution in [3.8, 4) is 5.75 Å². The number of hydrogen-bond acceptors (Lipinski definition) is 4. The molecular weight excluding hydrogens is 463 g/mol. The summed E-state index contributed by atoms with van der Waals surface area (Å²) in [4.78, 5) is 0. The summed E-state index contributed by atoms with van der Waals surface area (Å²) < 4.78 is 17.0. The van der Waals surface area contributed by atoms with Gasteiger partial charge in [0.2, 0.25) is 0 Å². The zero-order valence-electron chi connectivity index (χ0n) is 20.4. The number of methoxy groups -OCH3 is 1. The van der Waals surface area contributed by atoms with E-state index in [1.54, 1.807) is 7.11 Å². The molecule has 0 aromatic heterocycles. The molecule has 0 fully saturated rings. The molecule has 178 valence electrons. The molecule has 1 atom stereocenters. The van der Waals surface area contributed by atoms with Crippen LogP contribution in [0.1, 0.15) is 68.9 Å². The Labute approximate surface area is 203 Å². The number of hydrogen-bond donors (Lipinski definition) is 1. The lowest BCUT2D eigenvalue weighted by Gasteiger charge is -2.36. The molecule has 1 N–H and O–H groups in total. The molecule has 0 saturated carbocycles. The van der Waals surface area contributed by atoms with Crippen LogP contribution in [0.25, 0.3) is 0 Å². The van der Waals surface area contributed by atoms with E-state index in [0.29, 0.717) is 27.8 Å². The van der Waals surface area contributed by atoms with Crippen molar-refractivity contribution in [1.82, 2.24) is 0 Å². The summed E-state index contributed by atoms with van der Waals surface area (Å²) in [5.41, 5.74) is 3.06. The number of rotatable bonds is 9. The number of benzene rings is 2. The third-order valence-corrected chi connectivity index (χ3v) is 11.2. The molecule has 0 aliphatic rings. The maximum Gasteiger partial charge on any atom is 0.192 e. The predicted molar refractivity (Wildman–Crippen MR) is 136 cm³/mol. The number of aliphatic hydroxyl groups is 1. The lowest BCUT2D eigenvalue weighted by atomic mass is 9.94. The molecule has 0 aliphatic heterocycles. The molecule has 32 heavy (non-hydrogen) atoms. The predicted octanol–water partition coefficient (Wildman–Crippen LogP) is 7.70. The van der Waals surface area contributed by atoms with E-state index in [4.69, 9.17) is 37.1 Å². The number of aliphatic hydroxyl groups excluding tert-OH is 1. The zero-order chi connectivity index (χ0) is 24.3. The summed E-state index contributed by atoms with van der Waals surface area (Å²) in [5.74, 6) is 0.933. The molecule has 0 bridgehead atoms. The van der Waals surface area contributed by atoms with Crippen molar-refractivity contribution in [3.63, 3.8) is 0 Å². The Morgan fingerprint density at radius 3 is 2.12 bits per heavy atom. The van der Waals surface area contributed by atoms with Gasteiger partial charge in [-0.1, -0.05) is 63.9 Å². The van der Waals surface area contributed by atoms with Gasteiger partial charge in [0.15, 0.2) is 15.1 Å². The van der Waals surface area contributed by atoms with Gasteiger partial charge in [-0.3, -0.25) is 0 Å². The summed E-state index contributed by atoms with van der Waals surface area (Å²) in [6.07, 6.45) is -0.959.